The van der Waals surface area contributed by atoms with Gasteiger partial charge in [0, 0.05) is 19.8 Å². The minimum absolute atomic E-state index is 0.992. The van der Waals surface area contributed by atoms with Gasteiger partial charge in [0.2, 0.25) is 5.13 Å². The summed E-state index contributed by atoms with van der Waals surface area (Å²) < 4.78 is 1.09. The Labute approximate surface area is 131 Å². The van der Waals surface area contributed by atoms with Gasteiger partial charge in [-0.1, -0.05) is 55.2 Å². The third-order valence-corrected chi connectivity index (χ3v) is 5.43. The van der Waals surface area contributed by atoms with Crippen LogP contribution in [-0.4, -0.2) is 35.8 Å². The quantitative estimate of drug-likeness (QED) is 0.373. The van der Waals surface area contributed by atoms with Crippen molar-refractivity contribution in [1.82, 2.24) is 10.2 Å². The van der Waals surface area contributed by atoms with Crippen LogP contribution in [0.1, 0.15) is 44.9 Å². The van der Waals surface area contributed by atoms with Gasteiger partial charge in [0.15, 0.2) is 4.34 Å². The monoisotopic (exact) mass is 319 g/mol. The van der Waals surface area contributed by atoms with Gasteiger partial charge in [-0.15, -0.1) is 10.2 Å². The van der Waals surface area contributed by atoms with Crippen LogP contribution in [0.2, 0.25) is 0 Å². The summed E-state index contributed by atoms with van der Waals surface area (Å²) in [5.74, 6) is 2.20. The zero-order chi connectivity index (χ0) is 13.9. The second-order valence-electron chi connectivity index (χ2n) is 4.79. The molecule has 0 aromatic carbocycles. The predicted molar refractivity (Wildman–Crippen MR) is 91.1 cm³/mol. The van der Waals surface area contributed by atoms with Crippen LogP contribution >= 0.6 is 35.7 Å². The fourth-order valence-corrected chi connectivity index (χ4v) is 3.76. The summed E-state index contributed by atoms with van der Waals surface area (Å²) >= 11 is 7.74. The SMILES string of the molecule is CN(C)c1nnc(SCCCCCCCCCS)s1. The molecular weight excluding hydrogens is 294 g/mol. The molecule has 1 heterocycles. The van der Waals surface area contributed by atoms with Crippen LogP contribution in [0.4, 0.5) is 5.13 Å². The van der Waals surface area contributed by atoms with Gasteiger partial charge in [-0.2, -0.15) is 12.6 Å². The van der Waals surface area contributed by atoms with Crippen LogP contribution in [-0.2, 0) is 0 Å². The molecule has 0 unspecified atom stereocenters. The molecule has 0 N–H and O–H groups in total. The van der Waals surface area contributed by atoms with Gasteiger partial charge in [0.1, 0.15) is 0 Å². The third kappa shape index (κ3) is 8.05. The van der Waals surface area contributed by atoms with E-state index in [1.54, 1.807) is 11.3 Å². The van der Waals surface area contributed by atoms with Crippen LogP contribution < -0.4 is 4.90 Å². The lowest BCUT2D eigenvalue weighted by Crippen LogP contribution is -2.07. The molecule has 110 valence electrons. The molecule has 19 heavy (non-hydrogen) atoms. The molecule has 0 atom stereocenters. The van der Waals surface area contributed by atoms with E-state index in [2.05, 4.69) is 22.8 Å². The number of rotatable bonds is 11. The maximum atomic E-state index is 4.22. The molecule has 0 spiro atoms. The number of anilines is 1. The van der Waals surface area contributed by atoms with E-state index in [0.29, 0.717) is 0 Å². The molecular formula is C13H25N3S3. The third-order valence-electron chi connectivity index (χ3n) is 2.81. The molecule has 0 radical (unpaired) electrons. The number of aromatic nitrogens is 2. The number of unbranched alkanes of at least 4 members (excludes halogenated alkanes) is 6. The van der Waals surface area contributed by atoms with E-state index in [0.717, 1.165) is 15.2 Å². The standard InChI is InChI=1S/C13H25N3S3/c1-16(2)12-14-15-13(19-12)18-11-9-7-5-3-4-6-8-10-17/h17H,3-11H2,1-2H3. The summed E-state index contributed by atoms with van der Waals surface area (Å²) in [4.78, 5) is 2.01. The van der Waals surface area contributed by atoms with Gasteiger partial charge < -0.3 is 4.90 Å². The molecule has 1 rings (SSSR count). The topological polar surface area (TPSA) is 29.0 Å². The first kappa shape index (κ1) is 17.1. The average molecular weight is 320 g/mol. The Morgan fingerprint density at radius 3 is 2.21 bits per heavy atom. The van der Waals surface area contributed by atoms with E-state index in [1.165, 1.54) is 50.7 Å². The lowest BCUT2D eigenvalue weighted by atomic mass is 10.1. The fourth-order valence-electron chi connectivity index (χ4n) is 1.70. The van der Waals surface area contributed by atoms with Gasteiger partial charge in [0.25, 0.3) is 0 Å². The Bertz CT molecular complexity index is 329. The highest BCUT2D eigenvalue weighted by atomic mass is 32.2. The zero-order valence-corrected chi connectivity index (χ0v) is 14.5. The van der Waals surface area contributed by atoms with Crippen molar-refractivity contribution < 1.29 is 0 Å². The second-order valence-corrected chi connectivity index (χ2v) is 7.54. The van der Waals surface area contributed by atoms with Crippen molar-refractivity contribution in [2.45, 2.75) is 49.3 Å². The van der Waals surface area contributed by atoms with Crippen LogP contribution in [0.3, 0.4) is 0 Å². The Hall–Kier alpha value is 0.0600. The van der Waals surface area contributed by atoms with E-state index >= 15 is 0 Å². The van der Waals surface area contributed by atoms with Crippen molar-refractivity contribution in [2.24, 2.45) is 0 Å². The molecule has 0 saturated heterocycles. The molecule has 0 aliphatic carbocycles. The molecule has 0 aliphatic heterocycles. The molecule has 1 aromatic heterocycles. The van der Waals surface area contributed by atoms with Crippen LogP contribution in [0.5, 0.6) is 0 Å². The minimum atomic E-state index is 0.992. The summed E-state index contributed by atoms with van der Waals surface area (Å²) in [6.07, 6.45) is 9.35. The molecule has 0 amide bonds. The van der Waals surface area contributed by atoms with Crippen molar-refractivity contribution >= 4 is 40.9 Å². The first-order valence-electron chi connectivity index (χ1n) is 6.98. The van der Waals surface area contributed by atoms with Crippen LogP contribution in [0.15, 0.2) is 4.34 Å². The van der Waals surface area contributed by atoms with Crippen molar-refractivity contribution in [2.75, 3.05) is 30.5 Å². The summed E-state index contributed by atoms with van der Waals surface area (Å²) in [7, 11) is 4.01. The van der Waals surface area contributed by atoms with E-state index in [-0.39, 0.29) is 0 Å². The van der Waals surface area contributed by atoms with E-state index in [9.17, 15) is 0 Å². The Morgan fingerprint density at radius 1 is 1.00 bits per heavy atom. The highest BCUT2D eigenvalue weighted by Crippen LogP contribution is 2.27. The van der Waals surface area contributed by atoms with Crippen molar-refractivity contribution in [3.8, 4) is 0 Å². The largest absolute Gasteiger partial charge is 0.353 e. The van der Waals surface area contributed by atoms with E-state index in [4.69, 9.17) is 0 Å². The van der Waals surface area contributed by atoms with Gasteiger partial charge in [-0.3, -0.25) is 0 Å². The van der Waals surface area contributed by atoms with Gasteiger partial charge in [-0.25, -0.2) is 0 Å². The van der Waals surface area contributed by atoms with E-state index in [1.807, 2.05) is 30.8 Å². The van der Waals surface area contributed by atoms with Crippen molar-refractivity contribution in [3.63, 3.8) is 0 Å². The minimum Gasteiger partial charge on any atom is -0.353 e. The average Bonchev–Trinajstić information content (AvgIpc) is 2.86. The molecule has 0 aliphatic rings. The van der Waals surface area contributed by atoms with Gasteiger partial charge in [0.05, 0.1) is 0 Å². The Kier molecular flexibility index (Phi) is 9.73. The van der Waals surface area contributed by atoms with Crippen LogP contribution in [0.25, 0.3) is 0 Å². The summed E-state index contributed by atoms with van der Waals surface area (Å²) in [6, 6.07) is 0. The molecule has 0 bridgehead atoms. The zero-order valence-electron chi connectivity index (χ0n) is 12.0. The predicted octanol–water partition coefficient (Wildman–Crippen LogP) is 4.36. The normalized spacial score (nSPS) is 10.9. The molecule has 3 nitrogen and oxygen atoms in total. The second kappa shape index (κ2) is 10.8. The van der Waals surface area contributed by atoms with Crippen molar-refractivity contribution in [3.05, 3.63) is 0 Å². The number of hydrogen-bond acceptors (Lipinski definition) is 6. The lowest BCUT2D eigenvalue weighted by Gasteiger charge is -2.03. The van der Waals surface area contributed by atoms with Crippen LogP contribution in [0, 0.1) is 0 Å². The maximum absolute atomic E-state index is 4.22. The van der Waals surface area contributed by atoms with Gasteiger partial charge >= 0.3 is 0 Å². The highest BCUT2D eigenvalue weighted by Gasteiger charge is 2.05. The van der Waals surface area contributed by atoms with E-state index < -0.39 is 0 Å². The smallest absolute Gasteiger partial charge is 0.208 e. The summed E-state index contributed by atoms with van der Waals surface area (Å²) in [5.41, 5.74) is 0. The molecule has 0 saturated carbocycles. The Morgan fingerprint density at radius 2 is 1.63 bits per heavy atom. The molecule has 1 aromatic rings. The summed E-state index contributed by atoms with van der Waals surface area (Å²) in [6.45, 7) is 0. The number of nitrogens with zero attached hydrogens (tertiary/aromatic N) is 3. The first-order chi connectivity index (χ1) is 9.24. The fraction of sp³-hybridized carbons (Fsp3) is 0.846. The Balaban J connectivity index is 1.95. The molecule has 0 fully saturated rings. The highest BCUT2D eigenvalue weighted by molar-refractivity contribution is 8.01. The number of hydrogen-bond donors (Lipinski definition) is 1. The lowest BCUT2D eigenvalue weighted by molar-refractivity contribution is 0.605. The number of thioether (sulfide) groups is 1. The summed E-state index contributed by atoms with van der Waals surface area (Å²) in [5, 5.41) is 9.32. The van der Waals surface area contributed by atoms with Crippen molar-refractivity contribution in [1.29, 1.82) is 0 Å². The van der Waals surface area contributed by atoms with Gasteiger partial charge in [-0.05, 0) is 18.6 Å². The first-order valence-corrected chi connectivity index (χ1v) is 9.42. The maximum Gasteiger partial charge on any atom is 0.208 e. The molecule has 6 heteroatoms. The number of thiol groups is 1.